The van der Waals surface area contributed by atoms with Gasteiger partial charge < -0.3 is 4.52 Å². The first kappa shape index (κ1) is 14.2. The Morgan fingerprint density at radius 2 is 1.86 bits per heavy atom. The Balaban J connectivity index is 1.46. The fourth-order valence-corrected chi connectivity index (χ4v) is 2.52. The first-order chi connectivity index (χ1) is 10.3. The van der Waals surface area contributed by atoms with E-state index in [9.17, 15) is 0 Å². The Bertz CT molecular complexity index is 548. The lowest BCUT2D eigenvalue weighted by atomic mass is 10.2. The van der Waals surface area contributed by atoms with E-state index >= 15 is 0 Å². The van der Waals surface area contributed by atoms with Crippen LogP contribution >= 0.6 is 0 Å². The lowest BCUT2D eigenvalue weighted by molar-refractivity contribution is 0.111. The molecule has 112 valence electrons. The van der Waals surface area contributed by atoms with Crippen LogP contribution in [0.25, 0.3) is 0 Å². The van der Waals surface area contributed by atoms with Crippen molar-refractivity contribution in [3.63, 3.8) is 0 Å². The highest BCUT2D eigenvalue weighted by molar-refractivity contribution is 5.03. The molecular weight excluding hydrogens is 266 g/mol. The molecule has 2 aromatic heterocycles. The molecule has 1 aliphatic heterocycles. The number of pyridine rings is 1. The van der Waals surface area contributed by atoms with Crippen LogP contribution in [0.2, 0.25) is 0 Å². The van der Waals surface area contributed by atoms with Gasteiger partial charge in [0.25, 0.3) is 0 Å². The van der Waals surface area contributed by atoms with E-state index in [-0.39, 0.29) is 0 Å². The molecule has 0 spiro atoms. The van der Waals surface area contributed by atoms with Crippen molar-refractivity contribution in [2.45, 2.75) is 26.4 Å². The van der Waals surface area contributed by atoms with Crippen LogP contribution in [0.5, 0.6) is 0 Å². The second kappa shape index (κ2) is 6.78. The summed E-state index contributed by atoms with van der Waals surface area (Å²) >= 11 is 0. The molecule has 6 heteroatoms. The molecule has 0 aliphatic carbocycles. The third-order valence-corrected chi connectivity index (χ3v) is 3.76. The van der Waals surface area contributed by atoms with Crippen molar-refractivity contribution in [2.24, 2.45) is 0 Å². The van der Waals surface area contributed by atoms with E-state index < -0.39 is 0 Å². The number of rotatable bonds is 5. The summed E-state index contributed by atoms with van der Waals surface area (Å²) < 4.78 is 5.25. The van der Waals surface area contributed by atoms with Crippen molar-refractivity contribution >= 4 is 0 Å². The van der Waals surface area contributed by atoms with Gasteiger partial charge in [-0.3, -0.25) is 14.8 Å². The second-order valence-electron chi connectivity index (χ2n) is 5.33. The van der Waals surface area contributed by atoms with Crippen LogP contribution in [0.4, 0.5) is 0 Å². The van der Waals surface area contributed by atoms with Gasteiger partial charge in [0, 0.05) is 45.3 Å². The third kappa shape index (κ3) is 3.86. The highest BCUT2D eigenvalue weighted by Crippen LogP contribution is 2.09. The fraction of sp³-hybridized carbons (Fsp3) is 0.533. The molecule has 1 fully saturated rings. The quantitative estimate of drug-likeness (QED) is 0.827. The maximum absolute atomic E-state index is 5.25. The minimum absolute atomic E-state index is 0.727. The number of piperazine rings is 1. The first-order valence-corrected chi connectivity index (χ1v) is 7.49. The predicted octanol–water partition coefficient (Wildman–Crippen LogP) is 1.34. The Labute approximate surface area is 124 Å². The summed E-state index contributed by atoms with van der Waals surface area (Å²) in [6.07, 6.45) is 2.67. The molecule has 2 aromatic rings. The molecule has 3 heterocycles. The van der Waals surface area contributed by atoms with Crippen molar-refractivity contribution in [3.8, 4) is 0 Å². The number of hydrogen-bond donors (Lipinski definition) is 0. The monoisotopic (exact) mass is 287 g/mol. The van der Waals surface area contributed by atoms with Crippen LogP contribution in [0.1, 0.15) is 24.3 Å². The summed E-state index contributed by atoms with van der Waals surface area (Å²) in [7, 11) is 0. The zero-order chi connectivity index (χ0) is 14.5. The van der Waals surface area contributed by atoms with Gasteiger partial charge in [0.05, 0.1) is 12.2 Å². The Hall–Kier alpha value is -1.79. The van der Waals surface area contributed by atoms with Gasteiger partial charge in [-0.2, -0.15) is 4.98 Å². The average molecular weight is 287 g/mol. The number of nitrogens with zero attached hydrogens (tertiary/aromatic N) is 5. The number of aromatic nitrogens is 3. The summed E-state index contributed by atoms with van der Waals surface area (Å²) in [5, 5.41) is 3.94. The van der Waals surface area contributed by atoms with Gasteiger partial charge in [-0.1, -0.05) is 18.1 Å². The maximum atomic E-state index is 5.25. The minimum Gasteiger partial charge on any atom is -0.338 e. The minimum atomic E-state index is 0.727. The first-order valence-electron chi connectivity index (χ1n) is 7.49. The lowest BCUT2D eigenvalue weighted by Crippen LogP contribution is -2.45. The summed E-state index contributed by atoms with van der Waals surface area (Å²) in [4.78, 5) is 13.5. The van der Waals surface area contributed by atoms with Gasteiger partial charge in [0.1, 0.15) is 0 Å². The van der Waals surface area contributed by atoms with Gasteiger partial charge in [-0.15, -0.1) is 0 Å². The zero-order valence-electron chi connectivity index (χ0n) is 12.4. The molecule has 0 bridgehead atoms. The van der Waals surface area contributed by atoms with Crippen LogP contribution in [0.3, 0.4) is 0 Å². The van der Waals surface area contributed by atoms with Crippen LogP contribution in [0, 0.1) is 0 Å². The molecule has 1 aliphatic rings. The van der Waals surface area contributed by atoms with Gasteiger partial charge in [-0.25, -0.2) is 0 Å². The van der Waals surface area contributed by atoms with Crippen LogP contribution in [-0.2, 0) is 19.5 Å². The smallest absolute Gasteiger partial charge is 0.240 e. The van der Waals surface area contributed by atoms with E-state index in [1.165, 1.54) is 0 Å². The molecular formula is C15H21N5O. The molecule has 0 aromatic carbocycles. The normalized spacial score (nSPS) is 17.2. The van der Waals surface area contributed by atoms with Crippen LogP contribution in [0.15, 0.2) is 28.9 Å². The summed E-state index contributed by atoms with van der Waals surface area (Å²) in [5.41, 5.74) is 1.13. The summed E-state index contributed by atoms with van der Waals surface area (Å²) in [6.45, 7) is 7.86. The molecule has 3 rings (SSSR count). The maximum Gasteiger partial charge on any atom is 0.240 e. The van der Waals surface area contributed by atoms with Crippen molar-refractivity contribution in [1.82, 2.24) is 24.9 Å². The van der Waals surface area contributed by atoms with Crippen LogP contribution in [-0.4, -0.2) is 51.1 Å². The fourth-order valence-electron chi connectivity index (χ4n) is 2.52. The standard InChI is InChI=1S/C15H21N5O/c1-2-14-17-15(21-18-14)12-20-9-7-19(8-10-20)11-13-5-3-4-6-16-13/h3-6H,2,7-12H2,1H3. The van der Waals surface area contributed by atoms with Gasteiger partial charge >= 0.3 is 0 Å². The topological polar surface area (TPSA) is 58.3 Å². The highest BCUT2D eigenvalue weighted by atomic mass is 16.5. The molecule has 0 unspecified atom stereocenters. The van der Waals surface area contributed by atoms with Gasteiger partial charge in [0.2, 0.25) is 5.89 Å². The average Bonchev–Trinajstić information content (AvgIpc) is 2.98. The second-order valence-corrected chi connectivity index (χ2v) is 5.33. The Kier molecular flexibility index (Phi) is 4.57. The van der Waals surface area contributed by atoms with Gasteiger partial charge in [-0.05, 0) is 12.1 Å². The molecule has 1 saturated heterocycles. The number of hydrogen-bond acceptors (Lipinski definition) is 6. The SMILES string of the molecule is CCc1noc(CN2CCN(Cc3ccccn3)CC2)n1. The van der Waals surface area contributed by atoms with E-state index in [0.717, 1.165) is 63.1 Å². The zero-order valence-corrected chi connectivity index (χ0v) is 12.4. The van der Waals surface area contributed by atoms with E-state index in [1.807, 2.05) is 25.3 Å². The van der Waals surface area contributed by atoms with E-state index in [0.29, 0.717) is 0 Å². The summed E-state index contributed by atoms with van der Waals surface area (Å²) in [5.74, 6) is 1.52. The van der Waals surface area contributed by atoms with E-state index in [1.54, 1.807) is 0 Å². The molecule has 0 atom stereocenters. The molecule has 0 N–H and O–H groups in total. The van der Waals surface area contributed by atoms with Crippen LogP contribution < -0.4 is 0 Å². The molecule has 6 nitrogen and oxygen atoms in total. The summed E-state index contributed by atoms with van der Waals surface area (Å²) in [6, 6.07) is 6.08. The largest absolute Gasteiger partial charge is 0.338 e. The Morgan fingerprint density at radius 1 is 1.10 bits per heavy atom. The molecule has 0 saturated carbocycles. The number of aryl methyl sites for hydroxylation is 1. The van der Waals surface area contributed by atoms with Crippen molar-refractivity contribution < 1.29 is 4.52 Å². The highest BCUT2D eigenvalue weighted by Gasteiger charge is 2.19. The third-order valence-electron chi connectivity index (χ3n) is 3.76. The van der Waals surface area contributed by atoms with Crippen molar-refractivity contribution in [3.05, 3.63) is 41.8 Å². The van der Waals surface area contributed by atoms with E-state index in [4.69, 9.17) is 4.52 Å². The predicted molar refractivity (Wildman–Crippen MR) is 78.5 cm³/mol. The van der Waals surface area contributed by atoms with Crippen molar-refractivity contribution in [2.75, 3.05) is 26.2 Å². The van der Waals surface area contributed by atoms with Gasteiger partial charge in [0.15, 0.2) is 5.82 Å². The van der Waals surface area contributed by atoms with Crippen molar-refractivity contribution in [1.29, 1.82) is 0 Å². The van der Waals surface area contributed by atoms with E-state index in [2.05, 4.69) is 31.0 Å². The molecule has 0 radical (unpaired) electrons. The molecule has 0 amide bonds. The lowest BCUT2D eigenvalue weighted by Gasteiger charge is -2.33. The Morgan fingerprint density at radius 3 is 2.48 bits per heavy atom. The molecule has 21 heavy (non-hydrogen) atoms.